The van der Waals surface area contributed by atoms with E-state index in [0.29, 0.717) is 22.2 Å². The summed E-state index contributed by atoms with van der Waals surface area (Å²) in [5.41, 5.74) is 0.326. The summed E-state index contributed by atoms with van der Waals surface area (Å²) in [5, 5.41) is 3.48. The summed E-state index contributed by atoms with van der Waals surface area (Å²) in [7, 11) is 0. The Bertz CT molecular complexity index is 826. The number of H-pyrrole nitrogens is 1. The van der Waals surface area contributed by atoms with Gasteiger partial charge in [0.05, 0.1) is 21.6 Å². The molecule has 0 aliphatic rings. The highest BCUT2D eigenvalue weighted by Gasteiger charge is 2.31. The first-order valence-electron chi connectivity index (χ1n) is 6.12. The molecule has 0 aliphatic carbocycles. The molecule has 0 atom stereocenters. The smallest absolute Gasteiger partial charge is 0.326 e. The second-order valence-corrected chi connectivity index (χ2v) is 5.41. The van der Waals surface area contributed by atoms with Gasteiger partial charge in [-0.25, -0.2) is 4.98 Å². The molecule has 0 saturated heterocycles. The van der Waals surface area contributed by atoms with Crippen molar-refractivity contribution in [3.63, 3.8) is 0 Å². The number of hydrogen-bond acceptors (Lipinski definition) is 2. The predicted molar refractivity (Wildman–Crippen MR) is 80.8 cm³/mol. The van der Waals surface area contributed by atoms with Crippen molar-refractivity contribution < 1.29 is 13.2 Å². The molecule has 2 N–H and O–H groups in total. The predicted octanol–water partition coefficient (Wildman–Crippen LogP) is 5.63. The molecule has 0 radical (unpaired) electrons. The highest BCUT2D eigenvalue weighted by Crippen LogP contribution is 2.35. The Morgan fingerprint density at radius 2 is 1.73 bits per heavy atom. The van der Waals surface area contributed by atoms with Gasteiger partial charge in [-0.2, -0.15) is 13.2 Å². The molecule has 2 aromatic carbocycles. The topological polar surface area (TPSA) is 40.7 Å². The maximum atomic E-state index is 12.8. The van der Waals surface area contributed by atoms with Gasteiger partial charge in [0, 0.05) is 10.7 Å². The summed E-state index contributed by atoms with van der Waals surface area (Å²) < 4.78 is 38.3. The van der Waals surface area contributed by atoms with E-state index >= 15 is 0 Å². The standard InChI is InChI=1S/C14H8Cl2F3N3/c15-8-1-3-9(4-2-8)20-13-21-11-6-7(14(17,18)19)5-10(16)12(11)22-13/h1-6H,(H2,20,21,22). The molecule has 1 aromatic heterocycles. The van der Waals surface area contributed by atoms with Crippen LogP contribution < -0.4 is 5.32 Å². The molecule has 0 aliphatic heterocycles. The summed E-state index contributed by atoms with van der Waals surface area (Å²) >= 11 is 11.7. The highest BCUT2D eigenvalue weighted by molar-refractivity contribution is 6.35. The Balaban J connectivity index is 1.99. The van der Waals surface area contributed by atoms with Gasteiger partial charge in [-0.1, -0.05) is 23.2 Å². The van der Waals surface area contributed by atoms with Crippen LogP contribution in [0.1, 0.15) is 5.56 Å². The maximum Gasteiger partial charge on any atom is 0.416 e. The van der Waals surface area contributed by atoms with Crippen LogP contribution in [0.5, 0.6) is 0 Å². The van der Waals surface area contributed by atoms with E-state index in [9.17, 15) is 13.2 Å². The highest BCUT2D eigenvalue weighted by atomic mass is 35.5. The third-order valence-corrected chi connectivity index (χ3v) is 3.53. The molecule has 8 heteroatoms. The van der Waals surface area contributed by atoms with E-state index in [0.717, 1.165) is 12.1 Å². The zero-order valence-corrected chi connectivity index (χ0v) is 12.3. The number of benzene rings is 2. The minimum absolute atomic E-state index is 0.0403. The van der Waals surface area contributed by atoms with Gasteiger partial charge in [0.1, 0.15) is 0 Å². The number of halogens is 5. The maximum absolute atomic E-state index is 12.8. The van der Waals surface area contributed by atoms with Crippen molar-refractivity contribution in [2.75, 3.05) is 5.32 Å². The molecule has 3 rings (SSSR count). The van der Waals surface area contributed by atoms with Gasteiger partial charge in [-0.3, -0.25) is 0 Å². The van der Waals surface area contributed by atoms with Crippen molar-refractivity contribution >= 4 is 45.9 Å². The number of aromatic amines is 1. The molecule has 3 aromatic rings. The monoisotopic (exact) mass is 345 g/mol. The molecule has 0 saturated carbocycles. The average Bonchev–Trinajstić information content (AvgIpc) is 2.83. The summed E-state index contributed by atoms with van der Waals surface area (Å²) in [6.07, 6.45) is -4.47. The number of anilines is 2. The summed E-state index contributed by atoms with van der Waals surface area (Å²) in [6.45, 7) is 0. The lowest BCUT2D eigenvalue weighted by atomic mass is 10.2. The Hall–Kier alpha value is -1.92. The van der Waals surface area contributed by atoms with Gasteiger partial charge < -0.3 is 10.3 Å². The van der Waals surface area contributed by atoms with Crippen molar-refractivity contribution in [3.8, 4) is 0 Å². The Labute approximate surface area is 133 Å². The number of nitrogens with zero attached hydrogens (tertiary/aromatic N) is 1. The van der Waals surface area contributed by atoms with Gasteiger partial charge in [-0.05, 0) is 36.4 Å². The number of aromatic nitrogens is 2. The zero-order valence-electron chi connectivity index (χ0n) is 10.8. The molecule has 1 heterocycles. The largest absolute Gasteiger partial charge is 0.416 e. The quantitative estimate of drug-likeness (QED) is 0.631. The molecule has 0 unspecified atom stereocenters. The molecule has 0 bridgehead atoms. The number of nitrogens with one attached hydrogen (secondary N) is 2. The van der Waals surface area contributed by atoms with E-state index in [1.807, 2.05) is 0 Å². The van der Waals surface area contributed by atoms with Gasteiger partial charge in [-0.15, -0.1) is 0 Å². The Morgan fingerprint density at radius 3 is 2.36 bits per heavy atom. The van der Waals surface area contributed by atoms with Gasteiger partial charge >= 0.3 is 6.18 Å². The minimum Gasteiger partial charge on any atom is -0.326 e. The van der Waals surface area contributed by atoms with Crippen LogP contribution in [0.25, 0.3) is 11.0 Å². The molecular weight excluding hydrogens is 338 g/mol. The average molecular weight is 346 g/mol. The molecule has 114 valence electrons. The molecule has 0 fully saturated rings. The van der Waals surface area contributed by atoms with E-state index in [-0.39, 0.29) is 10.5 Å². The minimum atomic E-state index is -4.47. The van der Waals surface area contributed by atoms with Gasteiger partial charge in [0.25, 0.3) is 0 Å². The summed E-state index contributed by atoms with van der Waals surface area (Å²) in [5.74, 6) is 0.290. The molecule has 22 heavy (non-hydrogen) atoms. The second kappa shape index (κ2) is 5.37. The van der Waals surface area contributed by atoms with Crippen LogP contribution in [0.2, 0.25) is 10.0 Å². The zero-order chi connectivity index (χ0) is 15.9. The van der Waals surface area contributed by atoms with E-state index in [4.69, 9.17) is 23.2 Å². The van der Waals surface area contributed by atoms with Crippen LogP contribution in [0.4, 0.5) is 24.8 Å². The molecular formula is C14H8Cl2F3N3. The second-order valence-electron chi connectivity index (χ2n) is 4.57. The number of fused-ring (bicyclic) bond motifs is 1. The van der Waals surface area contributed by atoms with E-state index in [2.05, 4.69) is 15.3 Å². The van der Waals surface area contributed by atoms with Gasteiger partial charge in [0.15, 0.2) is 0 Å². The number of hydrogen-bond donors (Lipinski definition) is 2. The first-order valence-corrected chi connectivity index (χ1v) is 6.87. The van der Waals surface area contributed by atoms with Crippen molar-refractivity contribution in [3.05, 3.63) is 52.0 Å². The van der Waals surface area contributed by atoms with Crippen LogP contribution in [0.15, 0.2) is 36.4 Å². The Kier molecular flexibility index (Phi) is 3.66. The van der Waals surface area contributed by atoms with Crippen LogP contribution >= 0.6 is 23.2 Å². The van der Waals surface area contributed by atoms with Crippen LogP contribution in [0.3, 0.4) is 0 Å². The first-order chi connectivity index (χ1) is 10.3. The fraction of sp³-hybridized carbons (Fsp3) is 0.0714. The van der Waals surface area contributed by atoms with Crippen molar-refractivity contribution in [2.24, 2.45) is 0 Å². The van der Waals surface area contributed by atoms with Crippen molar-refractivity contribution in [1.29, 1.82) is 0 Å². The fourth-order valence-electron chi connectivity index (χ4n) is 1.96. The lowest BCUT2D eigenvalue weighted by Gasteiger charge is -2.06. The lowest BCUT2D eigenvalue weighted by Crippen LogP contribution is -2.04. The number of imidazole rings is 1. The van der Waals surface area contributed by atoms with E-state index in [1.165, 1.54) is 0 Å². The summed E-state index contributed by atoms with van der Waals surface area (Å²) in [4.78, 5) is 6.93. The molecule has 0 spiro atoms. The van der Waals surface area contributed by atoms with E-state index in [1.54, 1.807) is 24.3 Å². The van der Waals surface area contributed by atoms with Crippen LogP contribution in [-0.4, -0.2) is 9.97 Å². The van der Waals surface area contributed by atoms with Crippen LogP contribution in [-0.2, 0) is 6.18 Å². The van der Waals surface area contributed by atoms with Crippen LogP contribution in [0, 0.1) is 0 Å². The number of rotatable bonds is 2. The molecule has 3 nitrogen and oxygen atoms in total. The molecule has 0 amide bonds. The number of alkyl halides is 3. The van der Waals surface area contributed by atoms with Crippen molar-refractivity contribution in [1.82, 2.24) is 9.97 Å². The SMILES string of the molecule is FC(F)(F)c1cc(Cl)c2[nH]c(Nc3ccc(Cl)cc3)nc2c1. The van der Waals surface area contributed by atoms with E-state index < -0.39 is 11.7 Å². The third-order valence-electron chi connectivity index (χ3n) is 2.98. The third kappa shape index (κ3) is 2.98. The first kappa shape index (κ1) is 15.0. The Morgan fingerprint density at radius 1 is 1.05 bits per heavy atom. The van der Waals surface area contributed by atoms with Gasteiger partial charge in [0.2, 0.25) is 5.95 Å². The lowest BCUT2D eigenvalue weighted by molar-refractivity contribution is -0.137. The summed E-state index contributed by atoms with van der Waals surface area (Å²) in [6, 6.07) is 8.62. The normalized spacial score (nSPS) is 11.9. The van der Waals surface area contributed by atoms with Crippen molar-refractivity contribution in [2.45, 2.75) is 6.18 Å². The fourth-order valence-corrected chi connectivity index (χ4v) is 2.35.